The number of nitrogens with zero attached hydrogens (tertiary/aromatic N) is 2. The molecule has 124 valence electrons. The van der Waals surface area contributed by atoms with Crippen LogP contribution in [0.5, 0.6) is 0 Å². The van der Waals surface area contributed by atoms with E-state index in [-0.39, 0.29) is 0 Å². The number of aromatic nitrogens is 2. The van der Waals surface area contributed by atoms with E-state index in [2.05, 4.69) is 72.2 Å². The highest BCUT2D eigenvalue weighted by Crippen LogP contribution is 2.06. The van der Waals surface area contributed by atoms with Gasteiger partial charge in [-0.1, -0.05) is 32.6 Å². The lowest BCUT2D eigenvalue weighted by Crippen LogP contribution is -2.32. The summed E-state index contributed by atoms with van der Waals surface area (Å²) in [5.41, 5.74) is 2.84. The Labute approximate surface area is 141 Å². The Morgan fingerprint density at radius 1 is 0.696 bits per heavy atom. The van der Waals surface area contributed by atoms with Gasteiger partial charge in [-0.3, -0.25) is 0 Å². The third-order valence-electron chi connectivity index (χ3n) is 4.48. The second-order valence-electron chi connectivity index (χ2n) is 6.58. The van der Waals surface area contributed by atoms with Gasteiger partial charge in [-0.15, -0.1) is 0 Å². The molecular weight excluding hydrogens is 280 g/mol. The molecule has 2 heterocycles. The molecule has 0 radical (unpaired) electrons. The largest absolute Gasteiger partial charge is 0.208 e. The molecule has 2 heteroatoms. The van der Waals surface area contributed by atoms with Crippen molar-refractivity contribution >= 4 is 0 Å². The highest BCUT2D eigenvalue weighted by molar-refractivity contribution is 5.13. The molecular formula is C21H32N2+2. The topological polar surface area (TPSA) is 7.76 Å². The van der Waals surface area contributed by atoms with Crippen molar-refractivity contribution in [3.63, 3.8) is 0 Å². The van der Waals surface area contributed by atoms with Crippen LogP contribution in [-0.4, -0.2) is 0 Å². The van der Waals surface area contributed by atoms with Crippen molar-refractivity contribution < 1.29 is 9.13 Å². The standard InChI is InChI=1S/C21H32N2/c1-3-4-5-6-7-8-15-23-18-13-21(14-19-23)10-9-20-11-16-22(2)17-12-20/h11-14,16-19H,3-10,15H2,1-2H3/q+2. The average molecular weight is 313 g/mol. The van der Waals surface area contributed by atoms with Gasteiger partial charge in [0.15, 0.2) is 24.8 Å². The smallest absolute Gasteiger partial charge is 0.169 e. The maximum Gasteiger partial charge on any atom is 0.169 e. The van der Waals surface area contributed by atoms with Crippen LogP contribution in [0.15, 0.2) is 49.1 Å². The molecule has 0 aromatic carbocycles. The molecule has 0 fully saturated rings. The Balaban J connectivity index is 1.68. The Morgan fingerprint density at radius 3 is 1.83 bits per heavy atom. The molecule has 0 N–H and O–H groups in total. The molecule has 0 unspecified atom stereocenters. The van der Waals surface area contributed by atoms with Gasteiger partial charge in [-0.25, -0.2) is 9.13 Å². The average Bonchev–Trinajstić information content (AvgIpc) is 2.58. The van der Waals surface area contributed by atoms with E-state index in [4.69, 9.17) is 0 Å². The monoisotopic (exact) mass is 312 g/mol. The number of hydrogen-bond donors (Lipinski definition) is 0. The van der Waals surface area contributed by atoms with E-state index in [0.717, 1.165) is 19.4 Å². The number of pyridine rings is 2. The van der Waals surface area contributed by atoms with E-state index in [0.29, 0.717) is 0 Å². The Kier molecular flexibility index (Phi) is 7.79. The predicted octanol–water partition coefficient (Wildman–Crippen LogP) is 3.94. The van der Waals surface area contributed by atoms with Gasteiger partial charge in [0.1, 0.15) is 13.6 Å². The van der Waals surface area contributed by atoms with Crippen molar-refractivity contribution in [3.05, 3.63) is 60.2 Å². The van der Waals surface area contributed by atoms with Gasteiger partial charge in [0.05, 0.1) is 0 Å². The molecule has 0 saturated heterocycles. The summed E-state index contributed by atoms with van der Waals surface area (Å²) in [4.78, 5) is 0. The van der Waals surface area contributed by atoms with Crippen LogP contribution < -0.4 is 9.13 Å². The zero-order chi connectivity index (χ0) is 16.3. The fraction of sp³-hybridized carbons (Fsp3) is 0.524. The molecule has 0 atom stereocenters. The first kappa shape index (κ1) is 17.7. The van der Waals surface area contributed by atoms with Gasteiger partial charge >= 0.3 is 0 Å². The quantitative estimate of drug-likeness (QED) is 0.464. The van der Waals surface area contributed by atoms with Crippen molar-refractivity contribution in [2.45, 2.75) is 64.8 Å². The molecule has 0 bridgehead atoms. The van der Waals surface area contributed by atoms with Crippen molar-refractivity contribution in [1.29, 1.82) is 0 Å². The van der Waals surface area contributed by atoms with E-state index in [1.54, 1.807) is 0 Å². The van der Waals surface area contributed by atoms with Crippen LogP contribution >= 0.6 is 0 Å². The second-order valence-corrected chi connectivity index (χ2v) is 6.58. The summed E-state index contributed by atoms with van der Waals surface area (Å²) in [5, 5.41) is 0. The molecule has 2 rings (SSSR count). The lowest BCUT2D eigenvalue weighted by molar-refractivity contribution is -0.697. The van der Waals surface area contributed by atoms with Gasteiger partial charge < -0.3 is 0 Å². The third-order valence-corrected chi connectivity index (χ3v) is 4.48. The Morgan fingerprint density at radius 2 is 1.22 bits per heavy atom. The molecule has 0 aliphatic heterocycles. The SMILES string of the molecule is CCCCCCCC[n+]1ccc(CCc2cc[n+](C)cc2)cc1. The molecule has 0 aliphatic rings. The van der Waals surface area contributed by atoms with Gasteiger partial charge in [0.2, 0.25) is 0 Å². The summed E-state index contributed by atoms with van der Waals surface area (Å²) < 4.78 is 4.41. The van der Waals surface area contributed by atoms with Crippen molar-refractivity contribution in [1.82, 2.24) is 0 Å². The lowest BCUT2D eigenvalue weighted by atomic mass is 10.1. The fourth-order valence-corrected chi connectivity index (χ4v) is 2.87. The van der Waals surface area contributed by atoms with E-state index in [1.807, 2.05) is 0 Å². The first-order chi connectivity index (χ1) is 11.3. The second kappa shape index (κ2) is 10.1. The minimum Gasteiger partial charge on any atom is -0.208 e. The summed E-state index contributed by atoms with van der Waals surface area (Å²) in [6.45, 7) is 3.43. The Hall–Kier alpha value is -1.70. The van der Waals surface area contributed by atoms with Crippen LogP contribution in [0, 0.1) is 0 Å². The van der Waals surface area contributed by atoms with Gasteiger partial charge in [0.25, 0.3) is 0 Å². The van der Waals surface area contributed by atoms with E-state index in [9.17, 15) is 0 Å². The van der Waals surface area contributed by atoms with E-state index >= 15 is 0 Å². The molecule has 0 aliphatic carbocycles. The third kappa shape index (κ3) is 6.94. The summed E-state index contributed by atoms with van der Waals surface area (Å²) in [7, 11) is 2.06. The maximum atomic E-state index is 2.33. The molecule has 2 nitrogen and oxygen atoms in total. The fourth-order valence-electron chi connectivity index (χ4n) is 2.87. The molecule has 2 aromatic rings. The number of aryl methyl sites for hydroxylation is 4. The lowest BCUT2D eigenvalue weighted by Gasteiger charge is -2.02. The summed E-state index contributed by atoms with van der Waals surface area (Å²) in [6, 6.07) is 8.98. The first-order valence-electron chi connectivity index (χ1n) is 9.20. The molecule has 0 amide bonds. The van der Waals surface area contributed by atoms with Crippen LogP contribution in [0.1, 0.15) is 56.6 Å². The van der Waals surface area contributed by atoms with Gasteiger partial charge in [0, 0.05) is 30.7 Å². The minimum atomic E-state index is 1.11. The van der Waals surface area contributed by atoms with Gasteiger partial charge in [-0.2, -0.15) is 0 Å². The van der Waals surface area contributed by atoms with E-state index < -0.39 is 0 Å². The van der Waals surface area contributed by atoms with Crippen molar-refractivity contribution in [2.75, 3.05) is 0 Å². The molecule has 0 spiro atoms. The summed E-state index contributed by atoms with van der Waals surface area (Å²) in [6.07, 6.45) is 19.1. The molecule has 0 saturated carbocycles. The summed E-state index contributed by atoms with van der Waals surface area (Å²) in [5.74, 6) is 0. The van der Waals surface area contributed by atoms with Crippen LogP contribution in [0.4, 0.5) is 0 Å². The predicted molar refractivity (Wildman–Crippen MR) is 95.0 cm³/mol. The van der Waals surface area contributed by atoms with Crippen LogP contribution in [0.25, 0.3) is 0 Å². The first-order valence-corrected chi connectivity index (χ1v) is 9.20. The summed E-state index contributed by atoms with van der Waals surface area (Å²) >= 11 is 0. The zero-order valence-electron chi connectivity index (χ0n) is 14.9. The Bertz CT molecular complexity index is 543. The molecule has 2 aromatic heterocycles. The van der Waals surface area contributed by atoms with Crippen LogP contribution in [0.3, 0.4) is 0 Å². The zero-order valence-corrected chi connectivity index (χ0v) is 14.9. The number of rotatable bonds is 10. The molecule has 23 heavy (non-hydrogen) atoms. The minimum absolute atomic E-state index is 1.11. The van der Waals surface area contributed by atoms with Crippen LogP contribution in [0.2, 0.25) is 0 Å². The van der Waals surface area contributed by atoms with E-state index in [1.165, 1.54) is 49.7 Å². The number of unbranched alkanes of at least 4 members (excludes halogenated alkanes) is 5. The van der Waals surface area contributed by atoms with Crippen molar-refractivity contribution in [3.8, 4) is 0 Å². The number of hydrogen-bond acceptors (Lipinski definition) is 0. The highest BCUT2D eigenvalue weighted by Gasteiger charge is 2.02. The highest BCUT2D eigenvalue weighted by atomic mass is 14.9. The maximum absolute atomic E-state index is 2.33. The van der Waals surface area contributed by atoms with Crippen LogP contribution in [-0.2, 0) is 26.4 Å². The van der Waals surface area contributed by atoms with Gasteiger partial charge in [-0.05, 0) is 30.4 Å². The van der Waals surface area contributed by atoms with Crippen molar-refractivity contribution in [2.24, 2.45) is 7.05 Å². The normalized spacial score (nSPS) is 10.9.